The van der Waals surface area contributed by atoms with Gasteiger partial charge in [-0.05, 0) is 60.4 Å². The van der Waals surface area contributed by atoms with Gasteiger partial charge in [-0.2, -0.15) is 0 Å². The van der Waals surface area contributed by atoms with Gasteiger partial charge in [0.1, 0.15) is 0 Å². The minimum absolute atomic E-state index is 0.0359. The maximum atomic E-state index is 13.4. The number of fused-ring (bicyclic) bond motifs is 1. The van der Waals surface area contributed by atoms with Crippen molar-refractivity contribution in [3.63, 3.8) is 0 Å². The Kier molecular flexibility index (Phi) is 6.16. The zero-order chi connectivity index (χ0) is 22.7. The highest BCUT2D eigenvalue weighted by Gasteiger charge is 2.24. The molecule has 1 heterocycles. The number of hydrogen-bond donors (Lipinski definition) is 2. The molecule has 2 N–H and O–H groups in total. The van der Waals surface area contributed by atoms with E-state index >= 15 is 0 Å². The zero-order valence-electron chi connectivity index (χ0n) is 17.6. The molecule has 0 radical (unpaired) electrons. The van der Waals surface area contributed by atoms with Crippen molar-refractivity contribution in [3.8, 4) is 0 Å². The lowest BCUT2D eigenvalue weighted by atomic mass is 10.1. The smallest absolute Gasteiger partial charge is 0.319 e. The van der Waals surface area contributed by atoms with E-state index in [2.05, 4.69) is 10.6 Å². The Balaban J connectivity index is 1.32. The molecule has 1 aliphatic rings. The zero-order valence-corrected chi connectivity index (χ0v) is 17.6. The summed E-state index contributed by atoms with van der Waals surface area (Å²) in [5.74, 6) is -1.86. The minimum Gasteiger partial charge on any atom is -0.331 e. The molecule has 3 aromatic carbocycles. The fourth-order valence-electron chi connectivity index (χ4n) is 3.80. The van der Waals surface area contributed by atoms with E-state index in [1.807, 2.05) is 29.2 Å². The third-order valence-electron chi connectivity index (χ3n) is 5.55. The highest BCUT2D eigenvalue weighted by atomic mass is 19.2. The summed E-state index contributed by atoms with van der Waals surface area (Å²) in [6.07, 6.45) is 1.14. The summed E-state index contributed by atoms with van der Waals surface area (Å²) in [6.45, 7) is 2.37. The third-order valence-corrected chi connectivity index (χ3v) is 5.55. The van der Waals surface area contributed by atoms with E-state index in [0.29, 0.717) is 17.8 Å². The molecule has 5 nitrogen and oxygen atoms in total. The monoisotopic (exact) mass is 435 g/mol. The van der Waals surface area contributed by atoms with Gasteiger partial charge in [-0.3, -0.25) is 4.79 Å². The highest BCUT2D eigenvalue weighted by molar-refractivity contribution is 5.96. The first-order chi connectivity index (χ1) is 15.4. The van der Waals surface area contributed by atoms with Gasteiger partial charge < -0.3 is 15.5 Å². The Bertz CT molecular complexity index is 1150. The van der Waals surface area contributed by atoms with Gasteiger partial charge in [0.25, 0.3) is 0 Å². The summed E-state index contributed by atoms with van der Waals surface area (Å²) in [5.41, 5.74) is 4.02. The molecular formula is C25H23F2N3O2. The van der Waals surface area contributed by atoms with Gasteiger partial charge in [0.2, 0.25) is 5.91 Å². The molecule has 0 aliphatic carbocycles. The van der Waals surface area contributed by atoms with E-state index in [4.69, 9.17) is 0 Å². The van der Waals surface area contributed by atoms with Crippen LogP contribution in [-0.2, 0) is 17.6 Å². The Labute approximate surface area is 185 Å². The summed E-state index contributed by atoms with van der Waals surface area (Å²) in [6, 6.07) is 17.5. The number of halogens is 2. The number of hydrogen-bond acceptors (Lipinski definition) is 2. The molecule has 0 fully saturated rings. The fourth-order valence-corrected chi connectivity index (χ4v) is 3.80. The van der Waals surface area contributed by atoms with Crippen LogP contribution >= 0.6 is 0 Å². The summed E-state index contributed by atoms with van der Waals surface area (Å²) >= 11 is 0. The van der Waals surface area contributed by atoms with Gasteiger partial charge in [0.15, 0.2) is 11.6 Å². The molecule has 1 unspecified atom stereocenters. The number of para-hydroxylation sites is 1. The first-order valence-electron chi connectivity index (χ1n) is 10.4. The van der Waals surface area contributed by atoms with Crippen molar-refractivity contribution in [2.45, 2.75) is 25.8 Å². The molecule has 3 aromatic rings. The molecule has 0 saturated carbocycles. The predicted molar refractivity (Wildman–Crippen MR) is 120 cm³/mol. The van der Waals surface area contributed by atoms with Crippen molar-refractivity contribution in [2.75, 3.05) is 16.8 Å². The number of rotatable bonds is 5. The number of carbonyl (C=O) groups is 2. The molecule has 0 bridgehead atoms. The predicted octanol–water partition coefficient (Wildman–Crippen LogP) is 4.98. The molecule has 7 heteroatoms. The summed E-state index contributed by atoms with van der Waals surface area (Å²) in [5, 5.41) is 5.39. The standard InChI is InChI=1S/C25H23F2N3O2/c1-16(19-8-11-21(26)22(27)15-19)28-25(32)29-20-9-6-17(7-10-20)14-24(31)30-13-12-18-4-2-3-5-23(18)30/h2-11,15-16H,12-14H2,1H3,(H2,28,29,32). The second-order valence-corrected chi connectivity index (χ2v) is 7.79. The van der Waals surface area contributed by atoms with Crippen LogP contribution in [0.25, 0.3) is 0 Å². The second-order valence-electron chi connectivity index (χ2n) is 7.79. The molecule has 0 saturated heterocycles. The van der Waals surface area contributed by atoms with Crippen LogP contribution in [-0.4, -0.2) is 18.5 Å². The van der Waals surface area contributed by atoms with Crippen molar-refractivity contribution in [1.82, 2.24) is 5.32 Å². The van der Waals surface area contributed by atoms with E-state index in [1.165, 1.54) is 11.6 Å². The van der Waals surface area contributed by atoms with Gasteiger partial charge in [-0.25, -0.2) is 13.6 Å². The van der Waals surface area contributed by atoms with Crippen molar-refractivity contribution in [2.24, 2.45) is 0 Å². The number of nitrogens with one attached hydrogen (secondary N) is 2. The molecule has 1 atom stereocenters. The summed E-state index contributed by atoms with van der Waals surface area (Å²) in [4.78, 5) is 26.8. The number of anilines is 2. The van der Waals surface area contributed by atoms with Gasteiger partial charge in [-0.15, -0.1) is 0 Å². The maximum absolute atomic E-state index is 13.4. The van der Waals surface area contributed by atoms with Crippen LogP contribution in [0, 0.1) is 11.6 Å². The number of amides is 3. The van der Waals surface area contributed by atoms with Crippen molar-refractivity contribution in [1.29, 1.82) is 0 Å². The number of nitrogens with zero attached hydrogens (tertiary/aromatic N) is 1. The van der Waals surface area contributed by atoms with Crippen molar-refractivity contribution in [3.05, 3.63) is 95.1 Å². The molecule has 0 aromatic heterocycles. The molecule has 1 aliphatic heterocycles. The highest BCUT2D eigenvalue weighted by Crippen LogP contribution is 2.28. The number of benzene rings is 3. The average Bonchev–Trinajstić information content (AvgIpc) is 3.21. The average molecular weight is 435 g/mol. The molecule has 4 rings (SSSR count). The van der Waals surface area contributed by atoms with Crippen LogP contribution in [0.15, 0.2) is 66.7 Å². The normalized spacial score (nSPS) is 13.4. The van der Waals surface area contributed by atoms with E-state index in [-0.39, 0.29) is 12.3 Å². The first kappa shape index (κ1) is 21.5. The second kappa shape index (κ2) is 9.18. The lowest BCUT2D eigenvalue weighted by Crippen LogP contribution is -2.31. The van der Waals surface area contributed by atoms with Gasteiger partial charge >= 0.3 is 6.03 Å². The van der Waals surface area contributed by atoms with Crippen LogP contribution in [0.5, 0.6) is 0 Å². The van der Waals surface area contributed by atoms with Crippen LogP contribution < -0.4 is 15.5 Å². The van der Waals surface area contributed by atoms with Gasteiger partial charge in [0.05, 0.1) is 12.5 Å². The molecule has 164 valence electrons. The van der Waals surface area contributed by atoms with Crippen LogP contribution in [0.4, 0.5) is 25.0 Å². The Morgan fingerprint density at radius 3 is 2.50 bits per heavy atom. The first-order valence-corrected chi connectivity index (χ1v) is 10.4. The quantitative estimate of drug-likeness (QED) is 0.594. The maximum Gasteiger partial charge on any atom is 0.319 e. The van der Waals surface area contributed by atoms with Crippen molar-refractivity contribution < 1.29 is 18.4 Å². The Morgan fingerprint density at radius 2 is 1.75 bits per heavy atom. The topological polar surface area (TPSA) is 61.4 Å². The molecular weight excluding hydrogens is 412 g/mol. The van der Waals surface area contributed by atoms with Gasteiger partial charge in [0, 0.05) is 17.9 Å². The SMILES string of the molecule is CC(NC(=O)Nc1ccc(CC(=O)N2CCc3ccccc32)cc1)c1ccc(F)c(F)c1. The van der Waals surface area contributed by atoms with Crippen LogP contribution in [0.1, 0.15) is 29.7 Å². The van der Waals surface area contributed by atoms with E-state index in [1.54, 1.807) is 31.2 Å². The number of carbonyl (C=O) groups excluding carboxylic acids is 2. The van der Waals surface area contributed by atoms with Crippen LogP contribution in [0.3, 0.4) is 0 Å². The third kappa shape index (κ3) is 4.77. The molecule has 0 spiro atoms. The van der Waals surface area contributed by atoms with E-state index in [0.717, 1.165) is 29.8 Å². The summed E-state index contributed by atoms with van der Waals surface area (Å²) < 4.78 is 26.5. The minimum atomic E-state index is -0.959. The Morgan fingerprint density at radius 1 is 1.00 bits per heavy atom. The van der Waals surface area contributed by atoms with Crippen LogP contribution in [0.2, 0.25) is 0 Å². The summed E-state index contributed by atoms with van der Waals surface area (Å²) in [7, 11) is 0. The number of urea groups is 1. The molecule has 3 amide bonds. The lowest BCUT2D eigenvalue weighted by molar-refractivity contribution is -0.117. The largest absolute Gasteiger partial charge is 0.331 e. The fraction of sp³-hybridized carbons (Fsp3) is 0.200. The van der Waals surface area contributed by atoms with E-state index < -0.39 is 23.7 Å². The van der Waals surface area contributed by atoms with Gasteiger partial charge in [-0.1, -0.05) is 36.4 Å². The Hall–Kier alpha value is -3.74. The molecule has 32 heavy (non-hydrogen) atoms. The lowest BCUT2D eigenvalue weighted by Gasteiger charge is -2.17. The van der Waals surface area contributed by atoms with E-state index in [9.17, 15) is 18.4 Å². The van der Waals surface area contributed by atoms with Crippen molar-refractivity contribution >= 4 is 23.3 Å².